The monoisotopic (exact) mass is 228 g/mol. The zero-order chi connectivity index (χ0) is 12.9. The SMILES string of the molecule is CCC(CN(B(C)C)C(=O)C(C)N)C(=O)O. The molecule has 2 unspecified atom stereocenters. The summed E-state index contributed by atoms with van der Waals surface area (Å²) in [6.07, 6.45) is 0.505. The Morgan fingerprint density at radius 2 is 1.94 bits per heavy atom. The lowest BCUT2D eigenvalue weighted by atomic mass is 9.65. The fourth-order valence-electron chi connectivity index (χ4n) is 1.44. The van der Waals surface area contributed by atoms with Crippen molar-refractivity contribution in [1.29, 1.82) is 0 Å². The highest BCUT2D eigenvalue weighted by Gasteiger charge is 2.27. The zero-order valence-electron chi connectivity index (χ0n) is 10.4. The second kappa shape index (κ2) is 6.53. The van der Waals surface area contributed by atoms with Gasteiger partial charge in [-0.2, -0.15) is 0 Å². The first-order valence-electron chi connectivity index (χ1n) is 5.60. The van der Waals surface area contributed by atoms with Crippen LogP contribution < -0.4 is 5.73 Å². The van der Waals surface area contributed by atoms with E-state index in [2.05, 4.69) is 0 Å². The Labute approximate surface area is 97.1 Å². The predicted octanol–water partition coefficient (Wildman–Crippen LogP) is 0.524. The van der Waals surface area contributed by atoms with E-state index in [0.29, 0.717) is 6.42 Å². The van der Waals surface area contributed by atoms with Crippen LogP contribution in [0, 0.1) is 5.92 Å². The van der Waals surface area contributed by atoms with Crippen LogP contribution in [-0.2, 0) is 9.59 Å². The van der Waals surface area contributed by atoms with E-state index in [1.54, 1.807) is 13.8 Å². The number of amides is 1. The number of carboxylic acid groups (broad SMARTS) is 1. The number of aliphatic carboxylic acids is 1. The van der Waals surface area contributed by atoms with Crippen LogP contribution in [0.5, 0.6) is 0 Å². The van der Waals surface area contributed by atoms with Gasteiger partial charge in [-0.3, -0.25) is 9.59 Å². The van der Waals surface area contributed by atoms with Crippen molar-refractivity contribution in [3.63, 3.8) is 0 Å². The molecule has 6 heteroatoms. The summed E-state index contributed by atoms with van der Waals surface area (Å²) in [5.74, 6) is -1.59. The summed E-state index contributed by atoms with van der Waals surface area (Å²) in [6, 6.07) is -0.589. The molecule has 16 heavy (non-hydrogen) atoms. The lowest BCUT2D eigenvalue weighted by Crippen LogP contribution is -2.50. The van der Waals surface area contributed by atoms with Crippen LogP contribution in [0.3, 0.4) is 0 Å². The van der Waals surface area contributed by atoms with Crippen molar-refractivity contribution >= 4 is 18.7 Å². The predicted molar refractivity (Wildman–Crippen MR) is 64.3 cm³/mol. The molecule has 0 saturated heterocycles. The molecule has 3 N–H and O–H groups in total. The van der Waals surface area contributed by atoms with Crippen LogP contribution in [0.2, 0.25) is 13.6 Å². The lowest BCUT2D eigenvalue weighted by Gasteiger charge is -2.29. The molecule has 0 bridgehead atoms. The number of nitrogens with two attached hydrogens (primary N) is 1. The highest BCUT2D eigenvalue weighted by molar-refractivity contribution is 6.55. The van der Waals surface area contributed by atoms with Crippen LogP contribution in [0.15, 0.2) is 0 Å². The van der Waals surface area contributed by atoms with Gasteiger partial charge in [0.05, 0.1) is 12.0 Å². The van der Waals surface area contributed by atoms with E-state index in [1.807, 2.05) is 13.6 Å². The normalized spacial score (nSPS) is 14.1. The van der Waals surface area contributed by atoms with Crippen LogP contribution >= 0.6 is 0 Å². The third-order valence-electron chi connectivity index (χ3n) is 2.56. The molecular formula is C10H21BN2O3. The molecule has 0 aromatic heterocycles. The number of hydrogen-bond donors (Lipinski definition) is 2. The van der Waals surface area contributed by atoms with Crippen LogP contribution in [0.4, 0.5) is 0 Å². The Bertz CT molecular complexity index is 256. The van der Waals surface area contributed by atoms with Crippen LogP contribution in [0.25, 0.3) is 0 Å². The average molecular weight is 228 g/mol. The maximum absolute atomic E-state index is 11.8. The molecule has 5 nitrogen and oxygen atoms in total. The molecule has 92 valence electrons. The van der Waals surface area contributed by atoms with Crippen molar-refractivity contribution in [2.45, 2.75) is 40.0 Å². The van der Waals surface area contributed by atoms with Gasteiger partial charge in [-0.25, -0.2) is 0 Å². The molecule has 0 aliphatic heterocycles. The highest BCUT2D eigenvalue weighted by Crippen LogP contribution is 2.09. The van der Waals surface area contributed by atoms with E-state index in [9.17, 15) is 9.59 Å². The number of carboxylic acids is 1. The third kappa shape index (κ3) is 4.22. The maximum Gasteiger partial charge on any atom is 0.308 e. The molecule has 0 aromatic carbocycles. The summed E-state index contributed by atoms with van der Waals surface area (Å²) >= 11 is 0. The van der Waals surface area contributed by atoms with Gasteiger partial charge in [0.2, 0.25) is 5.91 Å². The van der Waals surface area contributed by atoms with E-state index in [1.165, 1.54) is 4.81 Å². The molecule has 0 aliphatic carbocycles. The molecular weight excluding hydrogens is 207 g/mol. The van der Waals surface area contributed by atoms with Crippen molar-refractivity contribution < 1.29 is 14.7 Å². The largest absolute Gasteiger partial charge is 0.481 e. The molecule has 0 radical (unpaired) electrons. The Morgan fingerprint density at radius 1 is 1.44 bits per heavy atom. The molecule has 0 aliphatic rings. The van der Waals surface area contributed by atoms with E-state index in [4.69, 9.17) is 10.8 Å². The number of hydrogen-bond acceptors (Lipinski definition) is 3. The van der Waals surface area contributed by atoms with Crippen molar-refractivity contribution in [1.82, 2.24) is 4.81 Å². The first kappa shape index (κ1) is 15.0. The highest BCUT2D eigenvalue weighted by atomic mass is 16.4. The van der Waals surface area contributed by atoms with Gasteiger partial charge in [0.25, 0.3) is 6.85 Å². The summed E-state index contributed by atoms with van der Waals surface area (Å²) in [4.78, 5) is 24.2. The molecule has 0 fully saturated rings. The fourth-order valence-corrected chi connectivity index (χ4v) is 1.44. The third-order valence-corrected chi connectivity index (χ3v) is 2.56. The number of carbonyl (C=O) groups excluding carboxylic acids is 1. The minimum absolute atomic E-state index is 0.0353. The summed E-state index contributed by atoms with van der Waals surface area (Å²) in [5.41, 5.74) is 5.53. The number of carbonyl (C=O) groups is 2. The fraction of sp³-hybridized carbons (Fsp3) is 0.800. The molecule has 0 saturated carbocycles. The Hall–Kier alpha value is -1.04. The molecule has 1 amide bonds. The smallest absolute Gasteiger partial charge is 0.308 e. The quantitative estimate of drug-likeness (QED) is 0.649. The Morgan fingerprint density at radius 3 is 2.19 bits per heavy atom. The summed E-state index contributed by atoms with van der Waals surface area (Å²) in [7, 11) is 0. The number of nitrogens with zero attached hydrogens (tertiary/aromatic N) is 1. The minimum atomic E-state index is -0.870. The van der Waals surface area contributed by atoms with Gasteiger partial charge in [0.1, 0.15) is 0 Å². The summed E-state index contributed by atoms with van der Waals surface area (Å²) < 4.78 is 0. The first-order valence-corrected chi connectivity index (χ1v) is 5.60. The minimum Gasteiger partial charge on any atom is -0.481 e. The molecule has 0 rings (SSSR count). The summed E-state index contributed by atoms with van der Waals surface area (Å²) in [5, 5.41) is 8.96. The van der Waals surface area contributed by atoms with Gasteiger partial charge in [0, 0.05) is 6.54 Å². The van der Waals surface area contributed by atoms with E-state index in [0.717, 1.165) is 0 Å². The second-order valence-electron chi connectivity index (χ2n) is 4.32. The Kier molecular flexibility index (Phi) is 6.10. The zero-order valence-corrected chi connectivity index (χ0v) is 10.4. The maximum atomic E-state index is 11.8. The molecule has 0 heterocycles. The average Bonchev–Trinajstić information content (AvgIpc) is 2.17. The van der Waals surface area contributed by atoms with Gasteiger partial charge >= 0.3 is 5.97 Å². The van der Waals surface area contributed by atoms with Gasteiger partial charge in [0.15, 0.2) is 0 Å². The van der Waals surface area contributed by atoms with Gasteiger partial charge in [-0.1, -0.05) is 20.6 Å². The topological polar surface area (TPSA) is 83.6 Å². The molecule has 2 atom stereocenters. The van der Waals surface area contributed by atoms with Gasteiger partial charge < -0.3 is 15.7 Å². The van der Waals surface area contributed by atoms with E-state index in [-0.39, 0.29) is 19.3 Å². The Balaban J connectivity index is 4.68. The van der Waals surface area contributed by atoms with E-state index < -0.39 is 17.9 Å². The number of rotatable bonds is 6. The van der Waals surface area contributed by atoms with Gasteiger partial charge in [-0.05, 0) is 13.3 Å². The first-order chi connectivity index (χ1) is 7.31. The lowest BCUT2D eigenvalue weighted by molar-refractivity contribution is -0.142. The molecule has 0 spiro atoms. The van der Waals surface area contributed by atoms with Crippen molar-refractivity contribution in [3.8, 4) is 0 Å². The van der Waals surface area contributed by atoms with Crippen molar-refractivity contribution in [2.24, 2.45) is 11.7 Å². The molecule has 0 aromatic rings. The van der Waals surface area contributed by atoms with Crippen molar-refractivity contribution in [2.75, 3.05) is 6.54 Å². The van der Waals surface area contributed by atoms with E-state index >= 15 is 0 Å². The standard InChI is InChI=1S/C10H21BN2O3/c1-5-8(10(15)16)6-13(11(3)4)9(14)7(2)12/h7-8H,5-6,12H2,1-4H3,(H,15,16). The summed E-state index contributed by atoms with van der Waals surface area (Å²) in [6.45, 7) is 7.31. The van der Waals surface area contributed by atoms with Crippen LogP contribution in [0.1, 0.15) is 20.3 Å². The van der Waals surface area contributed by atoms with Gasteiger partial charge in [-0.15, -0.1) is 0 Å². The second-order valence-corrected chi connectivity index (χ2v) is 4.32. The van der Waals surface area contributed by atoms with Crippen LogP contribution in [-0.4, -0.2) is 41.2 Å². The van der Waals surface area contributed by atoms with Crippen molar-refractivity contribution in [3.05, 3.63) is 0 Å².